The largest absolute Gasteiger partial charge is 0.493 e. The lowest BCUT2D eigenvalue weighted by Gasteiger charge is -2.35. The summed E-state index contributed by atoms with van der Waals surface area (Å²) in [5.41, 5.74) is 3.07. The number of likely N-dealkylation sites (N-methyl/N-ethyl adjacent to an activating group) is 1. The first-order chi connectivity index (χ1) is 13.5. The first kappa shape index (κ1) is 20.1. The van der Waals surface area contributed by atoms with E-state index in [0.29, 0.717) is 5.75 Å². The lowest BCUT2D eigenvalue weighted by Crippen LogP contribution is -2.46. The molecule has 2 aromatic carbocycles. The molecule has 28 heavy (non-hydrogen) atoms. The standard InChI is InChI=1S/C22H28FN3O2/c1-3-25-11-13-26(14-12-25)19-6-9-21(17(2)16-19)24-22(27)10-15-28-20-7-4-18(23)5-8-20/h4-9,16H,3,10-15H2,1-2H3,(H,24,27). The molecule has 1 amide bonds. The number of hydrogen-bond donors (Lipinski definition) is 1. The first-order valence-corrected chi connectivity index (χ1v) is 9.81. The van der Waals surface area contributed by atoms with E-state index in [9.17, 15) is 9.18 Å². The summed E-state index contributed by atoms with van der Waals surface area (Å²) < 4.78 is 18.4. The van der Waals surface area contributed by atoms with Gasteiger partial charge in [-0.1, -0.05) is 6.92 Å². The fourth-order valence-electron chi connectivity index (χ4n) is 3.31. The molecule has 5 nitrogen and oxygen atoms in total. The van der Waals surface area contributed by atoms with Crippen LogP contribution in [-0.4, -0.2) is 50.1 Å². The number of carbonyl (C=O) groups excluding carboxylic acids is 1. The summed E-state index contributed by atoms with van der Waals surface area (Å²) in [7, 11) is 0. The van der Waals surface area contributed by atoms with Crippen LogP contribution in [-0.2, 0) is 4.79 Å². The fraction of sp³-hybridized carbons (Fsp3) is 0.409. The topological polar surface area (TPSA) is 44.8 Å². The van der Waals surface area contributed by atoms with Crippen molar-refractivity contribution in [3.8, 4) is 5.75 Å². The van der Waals surface area contributed by atoms with Crippen LogP contribution in [0.5, 0.6) is 5.75 Å². The lowest BCUT2D eigenvalue weighted by atomic mass is 10.1. The maximum Gasteiger partial charge on any atom is 0.227 e. The highest BCUT2D eigenvalue weighted by atomic mass is 19.1. The van der Waals surface area contributed by atoms with Gasteiger partial charge in [0.05, 0.1) is 13.0 Å². The molecule has 0 aliphatic carbocycles. The maximum absolute atomic E-state index is 12.9. The van der Waals surface area contributed by atoms with E-state index >= 15 is 0 Å². The van der Waals surface area contributed by atoms with Crippen molar-refractivity contribution in [1.82, 2.24) is 4.90 Å². The van der Waals surface area contributed by atoms with Crippen molar-refractivity contribution in [2.75, 3.05) is 49.5 Å². The van der Waals surface area contributed by atoms with Crippen LogP contribution in [0.25, 0.3) is 0 Å². The molecular weight excluding hydrogens is 357 g/mol. The number of nitrogens with one attached hydrogen (secondary N) is 1. The van der Waals surface area contributed by atoms with Crippen LogP contribution in [0, 0.1) is 12.7 Å². The number of nitrogens with zero attached hydrogens (tertiary/aromatic N) is 2. The van der Waals surface area contributed by atoms with Crippen molar-refractivity contribution in [2.45, 2.75) is 20.3 Å². The zero-order valence-electron chi connectivity index (χ0n) is 16.6. The molecule has 0 aromatic heterocycles. The molecule has 0 saturated carbocycles. The minimum absolute atomic E-state index is 0.102. The number of anilines is 2. The van der Waals surface area contributed by atoms with Gasteiger partial charge in [-0.25, -0.2) is 4.39 Å². The third kappa shape index (κ3) is 5.45. The van der Waals surface area contributed by atoms with Crippen molar-refractivity contribution in [2.24, 2.45) is 0 Å². The van der Waals surface area contributed by atoms with Gasteiger partial charge in [-0.15, -0.1) is 0 Å². The van der Waals surface area contributed by atoms with Crippen LogP contribution in [0.1, 0.15) is 18.9 Å². The average Bonchev–Trinajstić information content (AvgIpc) is 2.71. The molecule has 1 heterocycles. The SMILES string of the molecule is CCN1CCN(c2ccc(NC(=O)CCOc3ccc(F)cc3)c(C)c2)CC1. The molecule has 0 bridgehead atoms. The van der Waals surface area contributed by atoms with Gasteiger partial charge >= 0.3 is 0 Å². The van der Waals surface area contributed by atoms with E-state index < -0.39 is 0 Å². The molecule has 3 rings (SSSR count). The highest BCUT2D eigenvalue weighted by Crippen LogP contribution is 2.24. The minimum Gasteiger partial charge on any atom is -0.493 e. The Balaban J connectivity index is 1.48. The van der Waals surface area contributed by atoms with Crippen molar-refractivity contribution in [1.29, 1.82) is 0 Å². The molecule has 1 N–H and O–H groups in total. The van der Waals surface area contributed by atoms with Gasteiger partial charge in [0, 0.05) is 37.6 Å². The molecule has 1 saturated heterocycles. The summed E-state index contributed by atoms with van der Waals surface area (Å²) in [5, 5.41) is 2.95. The van der Waals surface area contributed by atoms with Crippen molar-refractivity contribution < 1.29 is 13.9 Å². The Labute approximate surface area is 166 Å². The van der Waals surface area contributed by atoms with Gasteiger partial charge < -0.3 is 19.9 Å². The number of hydrogen-bond acceptors (Lipinski definition) is 4. The molecule has 0 atom stereocenters. The molecule has 150 valence electrons. The van der Waals surface area contributed by atoms with E-state index in [-0.39, 0.29) is 24.8 Å². The molecule has 0 unspecified atom stereocenters. The Morgan fingerprint density at radius 3 is 2.46 bits per heavy atom. The number of halogens is 1. The molecule has 2 aromatic rings. The Kier molecular flexibility index (Phi) is 6.87. The quantitative estimate of drug-likeness (QED) is 0.790. The van der Waals surface area contributed by atoms with E-state index in [1.165, 1.54) is 17.8 Å². The minimum atomic E-state index is -0.309. The summed E-state index contributed by atoms with van der Waals surface area (Å²) >= 11 is 0. The van der Waals surface area contributed by atoms with Crippen molar-refractivity contribution >= 4 is 17.3 Å². The number of aryl methyl sites for hydroxylation is 1. The second-order valence-corrected chi connectivity index (χ2v) is 7.02. The molecular formula is C22H28FN3O2. The van der Waals surface area contributed by atoms with E-state index in [1.807, 2.05) is 13.0 Å². The Morgan fingerprint density at radius 1 is 1.11 bits per heavy atom. The number of benzene rings is 2. The van der Waals surface area contributed by atoms with E-state index in [4.69, 9.17) is 4.74 Å². The maximum atomic E-state index is 12.9. The Hall–Kier alpha value is -2.60. The second-order valence-electron chi connectivity index (χ2n) is 7.02. The van der Waals surface area contributed by atoms with Crippen LogP contribution in [0.4, 0.5) is 15.8 Å². The zero-order chi connectivity index (χ0) is 19.9. The van der Waals surface area contributed by atoms with E-state index in [0.717, 1.165) is 44.0 Å². The summed E-state index contributed by atoms with van der Waals surface area (Å²) in [6, 6.07) is 11.9. The van der Waals surface area contributed by atoms with Gasteiger partial charge in [0.1, 0.15) is 11.6 Å². The smallest absolute Gasteiger partial charge is 0.227 e. The number of amides is 1. The Bertz CT molecular complexity index is 787. The number of carbonyl (C=O) groups is 1. The fourth-order valence-corrected chi connectivity index (χ4v) is 3.31. The van der Waals surface area contributed by atoms with Gasteiger partial charge in [-0.05, 0) is 61.5 Å². The van der Waals surface area contributed by atoms with Crippen LogP contribution < -0.4 is 15.0 Å². The van der Waals surface area contributed by atoms with Gasteiger partial charge in [0.2, 0.25) is 5.91 Å². The number of piperazine rings is 1. The van der Waals surface area contributed by atoms with Gasteiger partial charge in [0.25, 0.3) is 0 Å². The summed E-state index contributed by atoms with van der Waals surface area (Å²) in [4.78, 5) is 17.0. The first-order valence-electron chi connectivity index (χ1n) is 9.81. The Morgan fingerprint density at radius 2 is 1.82 bits per heavy atom. The van der Waals surface area contributed by atoms with Gasteiger partial charge in [-0.2, -0.15) is 0 Å². The number of rotatable bonds is 7. The lowest BCUT2D eigenvalue weighted by molar-refractivity contribution is -0.116. The predicted octanol–water partition coefficient (Wildman–Crippen LogP) is 3.68. The zero-order valence-corrected chi connectivity index (χ0v) is 16.6. The second kappa shape index (κ2) is 9.55. The summed E-state index contributed by atoms with van der Waals surface area (Å²) in [5.74, 6) is 0.142. The third-order valence-corrected chi connectivity index (χ3v) is 5.08. The highest BCUT2D eigenvalue weighted by Gasteiger charge is 2.16. The van der Waals surface area contributed by atoms with Crippen molar-refractivity contribution in [3.05, 3.63) is 53.8 Å². The van der Waals surface area contributed by atoms with Crippen LogP contribution in [0.3, 0.4) is 0 Å². The monoisotopic (exact) mass is 385 g/mol. The summed E-state index contributed by atoms with van der Waals surface area (Å²) in [6.07, 6.45) is 0.234. The molecule has 1 aliphatic rings. The van der Waals surface area contributed by atoms with E-state index in [1.54, 1.807) is 12.1 Å². The van der Waals surface area contributed by atoms with Gasteiger partial charge in [-0.3, -0.25) is 4.79 Å². The van der Waals surface area contributed by atoms with Crippen molar-refractivity contribution in [3.63, 3.8) is 0 Å². The predicted molar refractivity (Wildman–Crippen MR) is 111 cm³/mol. The average molecular weight is 385 g/mol. The number of ether oxygens (including phenoxy) is 1. The van der Waals surface area contributed by atoms with Crippen LogP contribution in [0.2, 0.25) is 0 Å². The highest BCUT2D eigenvalue weighted by molar-refractivity contribution is 5.91. The molecule has 0 spiro atoms. The third-order valence-electron chi connectivity index (χ3n) is 5.08. The molecule has 0 radical (unpaired) electrons. The van der Waals surface area contributed by atoms with E-state index in [2.05, 4.69) is 34.2 Å². The summed E-state index contributed by atoms with van der Waals surface area (Å²) in [6.45, 7) is 9.78. The van der Waals surface area contributed by atoms with Crippen LogP contribution in [0.15, 0.2) is 42.5 Å². The normalized spacial score (nSPS) is 14.8. The molecule has 1 fully saturated rings. The molecule has 6 heteroatoms. The van der Waals surface area contributed by atoms with Gasteiger partial charge in [0.15, 0.2) is 0 Å². The van der Waals surface area contributed by atoms with Crippen LogP contribution >= 0.6 is 0 Å². The molecule has 1 aliphatic heterocycles.